The first kappa shape index (κ1) is 16.5. The van der Waals surface area contributed by atoms with Crippen LogP contribution in [0.2, 0.25) is 5.02 Å². The second-order valence-corrected chi connectivity index (χ2v) is 5.74. The lowest BCUT2D eigenvalue weighted by Crippen LogP contribution is -2.42. The van der Waals surface area contributed by atoms with Gasteiger partial charge in [-0.3, -0.25) is 9.59 Å². The van der Waals surface area contributed by atoms with E-state index in [0.29, 0.717) is 18.0 Å². The second-order valence-electron chi connectivity index (χ2n) is 5.33. The summed E-state index contributed by atoms with van der Waals surface area (Å²) < 4.78 is 0. The molecule has 0 aliphatic heterocycles. The molecule has 5 heteroatoms. The number of benzene rings is 1. The highest BCUT2D eigenvalue weighted by Crippen LogP contribution is 2.31. The fourth-order valence-corrected chi connectivity index (χ4v) is 2.50. The average molecular weight is 298 g/mol. The predicted octanol–water partition coefficient (Wildman–Crippen LogP) is 2.94. The SMILES string of the molecule is CN(CCCC(=O)O)C(=O)C(C)(C)c1ccccc1Cl. The van der Waals surface area contributed by atoms with Gasteiger partial charge in [0.15, 0.2) is 0 Å². The maximum absolute atomic E-state index is 12.5. The summed E-state index contributed by atoms with van der Waals surface area (Å²) in [6.07, 6.45) is 0.500. The molecule has 0 saturated heterocycles. The van der Waals surface area contributed by atoms with Crippen LogP contribution >= 0.6 is 11.6 Å². The Kier molecular flexibility index (Phi) is 5.57. The maximum Gasteiger partial charge on any atom is 0.303 e. The normalized spacial score (nSPS) is 11.2. The van der Waals surface area contributed by atoms with Crippen LogP contribution < -0.4 is 0 Å². The molecule has 1 rings (SSSR count). The van der Waals surface area contributed by atoms with Crippen molar-refractivity contribution in [1.29, 1.82) is 0 Å². The van der Waals surface area contributed by atoms with Crippen LogP contribution in [-0.4, -0.2) is 35.5 Å². The first-order valence-corrected chi connectivity index (χ1v) is 6.87. The molecule has 0 aromatic heterocycles. The second kappa shape index (κ2) is 6.75. The quantitative estimate of drug-likeness (QED) is 0.878. The highest BCUT2D eigenvalue weighted by Gasteiger charge is 2.33. The summed E-state index contributed by atoms with van der Waals surface area (Å²) in [6, 6.07) is 7.27. The highest BCUT2D eigenvalue weighted by molar-refractivity contribution is 6.31. The van der Waals surface area contributed by atoms with Crippen molar-refractivity contribution in [3.8, 4) is 0 Å². The summed E-state index contributed by atoms with van der Waals surface area (Å²) in [6.45, 7) is 4.06. The molecular weight excluding hydrogens is 278 g/mol. The van der Waals surface area contributed by atoms with Gasteiger partial charge in [0.25, 0.3) is 0 Å². The molecule has 1 N–H and O–H groups in total. The fourth-order valence-electron chi connectivity index (χ4n) is 2.13. The highest BCUT2D eigenvalue weighted by atomic mass is 35.5. The molecule has 20 heavy (non-hydrogen) atoms. The van der Waals surface area contributed by atoms with E-state index in [1.807, 2.05) is 32.0 Å². The lowest BCUT2D eigenvalue weighted by Gasteiger charge is -2.30. The number of likely N-dealkylation sites (N-methyl/N-ethyl adjacent to an activating group) is 1. The molecule has 1 aromatic rings. The summed E-state index contributed by atoms with van der Waals surface area (Å²) in [5, 5.41) is 9.18. The molecule has 4 nitrogen and oxygen atoms in total. The van der Waals surface area contributed by atoms with Gasteiger partial charge in [0.05, 0.1) is 5.41 Å². The van der Waals surface area contributed by atoms with Crippen LogP contribution in [0.4, 0.5) is 0 Å². The summed E-state index contributed by atoms with van der Waals surface area (Å²) >= 11 is 6.15. The summed E-state index contributed by atoms with van der Waals surface area (Å²) in [5.74, 6) is -0.924. The monoisotopic (exact) mass is 297 g/mol. The fraction of sp³-hybridized carbons (Fsp3) is 0.467. The van der Waals surface area contributed by atoms with Crippen molar-refractivity contribution in [2.45, 2.75) is 32.1 Å². The van der Waals surface area contributed by atoms with Gasteiger partial charge in [-0.2, -0.15) is 0 Å². The number of hydrogen-bond acceptors (Lipinski definition) is 2. The molecule has 0 fully saturated rings. The molecule has 0 spiro atoms. The van der Waals surface area contributed by atoms with Gasteiger partial charge >= 0.3 is 5.97 Å². The van der Waals surface area contributed by atoms with Gasteiger partial charge in [0, 0.05) is 25.0 Å². The Morgan fingerprint density at radius 2 is 1.90 bits per heavy atom. The van der Waals surface area contributed by atoms with Gasteiger partial charge in [-0.15, -0.1) is 0 Å². The molecule has 0 saturated carbocycles. The van der Waals surface area contributed by atoms with Crippen molar-refractivity contribution in [3.63, 3.8) is 0 Å². The van der Waals surface area contributed by atoms with E-state index in [1.54, 1.807) is 18.0 Å². The predicted molar refractivity (Wildman–Crippen MR) is 79.0 cm³/mol. The Labute approximate surface area is 124 Å². The molecule has 0 radical (unpaired) electrons. The Morgan fingerprint density at radius 1 is 1.30 bits per heavy atom. The molecule has 0 heterocycles. The molecule has 1 aromatic carbocycles. The lowest BCUT2D eigenvalue weighted by molar-refractivity contribution is -0.139. The number of hydrogen-bond donors (Lipinski definition) is 1. The molecule has 1 amide bonds. The van der Waals surface area contributed by atoms with Crippen molar-refractivity contribution >= 4 is 23.5 Å². The van der Waals surface area contributed by atoms with Crippen LogP contribution in [0.15, 0.2) is 24.3 Å². The number of rotatable bonds is 6. The zero-order valence-electron chi connectivity index (χ0n) is 12.0. The van der Waals surface area contributed by atoms with E-state index in [2.05, 4.69) is 0 Å². The summed E-state index contributed by atoms with van der Waals surface area (Å²) in [7, 11) is 1.68. The van der Waals surface area contributed by atoms with Crippen LogP contribution in [0.3, 0.4) is 0 Å². The zero-order valence-corrected chi connectivity index (χ0v) is 12.8. The van der Waals surface area contributed by atoms with Crippen molar-refractivity contribution in [2.24, 2.45) is 0 Å². The number of carbonyl (C=O) groups excluding carboxylic acids is 1. The van der Waals surface area contributed by atoms with Gasteiger partial charge in [-0.25, -0.2) is 0 Å². The van der Waals surface area contributed by atoms with Crippen LogP contribution in [0.25, 0.3) is 0 Å². The third kappa shape index (κ3) is 3.97. The van der Waals surface area contributed by atoms with Gasteiger partial charge in [-0.05, 0) is 31.9 Å². The number of carboxylic acid groups (broad SMARTS) is 1. The molecular formula is C15H20ClNO3. The third-order valence-electron chi connectivity index (χ3n) is 3.31. The summed E-state index contributed by atoms with van der Waals surface area (Å²) in [4.78, 5) is 24.6. The number of amides is 1. The standard InChI is InChI=1S/C15H20ClNO3/c1-15(2,11-7-4-5-8-12(11)16)14(20)17(3)10-6-9-13(18)19/h4-5,7-8H,6,9-10H2,1-3H3,(H,18,19). The Bertz CT molecular complexity index is 500. The third-order valence-corrected chi connectivity index (χ3v) is 3.64. The van der Waals surface area contributed by atoms with E-state index in [1.165, 1.54) is 0 Å². The Balaban J connectivity index is 2.79. The first-order chi connectivity index (χ1) is 9.26. The van der Waals surface area contributed by atoms with E-state index in [4.69, 9.17) is 16.7 Å². The van der Waals surface area contributed by atoms with Crippen LogP contribution in [0.5, 0.6) is 0 Å². The number of aliphatic carboxylic acids is 1. The van der Waals surface area contributed by atoms with Crippen molar-refractivity contribution < 1.29 is 14.7 Å². The maximum atomic E-state index is 12.5. The van der Waals surface area contributed by atoms with E-state index in [-0.39, 0.29) is 12.3 Å². The summed E-state index contributed by atoms with van der Waals surface area (Å²) in [5.41, 5.74) is 0.0350. The lowest BCUT2D eigenvalue weighted by atomic mass is 9.83. The van der Waals surface area contributed by atoms with E-state index in [9.17, 15) is 9.59 Å². The molecule has 110 valence electrons. The largest absolute Gasteiger partial charge is 0.481 e. The number of nitrogens with zero attached hydrogens (tertiary/aromatic N) is 1. The molecule has 0 unspecified atom stereocenters. The van der Waals surface area contributed by atoms with Crippen LogP contribution in [0.1, 0.15) is 32.3 Å². The number of halogens is 1. The minimum Gasteiger partial charge on any atom is -0.481 e. The van der Waals surface area contributed by atoms with Gasteiger partial charge < -0.3 is 10.0 Å². The minimum atomic E-state index is -0.851. The van der Waals surface area contributed by atoms with Crippen molar-refractivity contribution in [2.75, 3.05) is 13.6 Å². The van der Waals surface area contributed by atoms with Gasteiger partial charge in [0.2, 0.25) is 5.91 Å². The number of carbonyl (C=O) groups is 2. The van der Waals surface area contributed by atoms with Crippen LogP contribution in [-0.2, 0) is 15.0 Å². The number of carboxylic acids is 1. The zero-order chi connectivity index (χ0) is 15.3. The van der Waals surface area contributed by atoms with E-state index in [0.717, 1.165) is 5.56 Å². The smallest absolute Gasteiger partial charge is 0.303 e. The van der Waals surface area contributed by atoms with E-state index < -0.39 is 11.4 Å². The molecule has 0 aliphatic rings. The molecule has 0 bridgehead atoms. The van der Waals surface area contributed by atoms with Crippen molar-refractivity contribution in [3.05, 3.63) is 34.9 Å². The molecule has 0 aliphatic carbocycles. The average Bonchev–Trinajstić information content (AvgIpc) is 2.37. The van der Waals surface area contributed by atoms with Gasteiger partial charge in [-0.1, -0.05) is 29.8 Å². The van der Waals surface area contributed by atoms with Gasteiger partial charge in [0.1, 0.15) is 0 Å². The topological polar surface area (TPSA) is 57.6 Å². The Hall–Kier alpha value is -1.55. The Morgan fingerprint density at radius 3 is 2.45 bits per heavy atom. The first-order valence-electron chi connectivity index (χ1n) is 6.49. The van der Waals surface area contributed by atoms with E-state index >= 15 is 0 Å². The minimum absolute atomic E-state index is 0.0597. The van der Waals surface area contributed by atoms with Crippen LogP contribution in [0, 0.1) is 0 Å². The molecule has 0 atom stereocenters. The van der Waals surface area contributed by atoms with Crippen molar-refractivity contribution in [1.82, 2.24) is 4.90 Å².